The van der Waals surface area contributed by atoms with Crippen LogP contribution in [-0.4, -0.2) is 21.8 Å². The molecule has 0 atom stereocenters. The molecule has 0 saturated carbocycles. The summed E-state index contributed by atoms with van der Waals surface area (Å²) in [6.45, 7) is -0.258. The normalized spacial score (nSPS) is 10.4. The molecule has 0 fully saturated rings. The van der Waals surface area contributed by atoms with E-state index < -0.39 is 23.3 Å². The number of pyridine rings is 1. The molecular formula is C16H14F2N2O3. The first-order valence-electron chi connectivity index (χ1n) is 6.83. The number of carbonyl (C=O) groups excluding carboxylic acids is 2. The molecule has 2 N–H and O–H groups in total. The van der Waals surface area contributed by atoms with Gasteiger partial charge in [0.25, 0.3) is 0 Å². The standard InChI is InChI=1S/C16H14F2N2O3/c17-12-2-1-10(7-13(12)18)15(22)3-4-16(23)20-14-8-19-6-5-11(14)9-21/h1-2,5-8,21H,3-4,9H2,(H,20,23). The van der Waals surface area contributed by atoms with E-state index in [-0.39, 0.29) is 25.0 Å². The molecule has 1 aromatic heterocycles. The Bertz CT molecular complexity index is 735. The average Bonchev–Trinajstić information content (AvgIpc) is 2.55. The molecule has 0 saturated heterocycles. The fourth-order valence-corrected chi connectivity index (χ4v) is 1.93. The van der Waals surface area contributed by atoms with Gasteiger partial charge in [0, 0.05) is 30.2 Å². The highest BCUT2D eigenvalue weighted by molar-refractivity contribution is 6.00. The van der Waals surface area contributed by atoms with Crippen LogP contribution in [0.1, 0.15) is 28.8 Å². The lowest BCUT2D eigenvalue weighted by molar-refractivity contribution is -0.116. The number of rotatable bonds is 6. The predicted molar refractivity (Wildman–Crippen MR) is 78.7 cm³/mol. The summed E-state index contributed by atoms with van der Waals surface area (Å²) < 4.78 is 25.9. The van der Waals surface area contributed by atoms with E-state index in [4.69, 9.17) is 5.11 Å². The SMILES string of the molecule is O=C(CCC(=O)c1ccc(F)c(F)c1)Nc1cnccc1CO. The number of aliphatic hydroxyl groups excluding tert-OH is 1. The third-order valence-corrected chi connectivity index (χ3v) is 3.18. The molecule has 0 bridgehead atoms. The maximum atomic E-state index is 13.1. The van der Waals surface area contributed by atoms with E-state index >= 15 is 0 Å². The van der Waals surface area contributed by atoms with Crippen molar-refractivity contribution in [1.29, 1.82) is 0 Å². The second-order valence-electron chi connectivity index (χ2n) is 4.79. The topological polar surface area (TPSA) is 79.3 Å². The van der Waals surface area contributed by atoms with E-state index in [1.165, 1.54) is 18.5 Å². The van der Waals surface area contributed by atoms with Crippen LogP contribution in [0.3, 0.4) is 0 Å². The van der Waals surface area contributed by atoms with Crippen LogP contribution in [0.5, 0.6) is 0 Å². The summed E-state index contributed by atoms with van der Waals surface area (Å²) in [4.78, 5) is 27.5. The Kier molecular flexibility index (Phi) is 5.48. The lowest BCUT2D eigenvalue weighted by Gasteiger charge is -2.08. The van der Waals surface area contributed by atoms with Crippen LogP contribution in [0.2, 0.25) is 0 Å². The second kappa shape index (κ2) is 7.55. The summed E-state index contributed by atoms with van der Waals surface area (Å²) in [5, 5.41) is 11.7. The van der Waals surface area contributed by atoms with Crippen LogP contribution >= 0.6 is 0 Å². The lowest BCUT2D eigenvalue weighted by atomic mass is 10.1. The maximum absolute atomic E-state index is 13.1. The van der Waals surface area contributed by atoms with Gasteiger partial charge < -0.3 is 10.4 Å². The second-order valence-corrected chi connectivity index (χ2v) is 4.79. The van der Waals surface area contributed by atoms with Crippen molar-refractivity contribution in [2.45, 2.75) is 19.4 Å². The number of benzene rings is 1. The number of aliphatic hydroxyl groups is 1. The lowest BCUT2D eigenvalue weighted by Crippen LogP contribution is -2.15. The molecule has 0 aliphatic carbocycles. The number of hydrogen-bond donors (Lipinski definition) is 2. The molecule has 0 spiro atoms. The van der Waals surface area contributed by atoms with Gasteiger partial charge in [-0.1, -0.05) is 0 Å². The highest BCUT2D eigenvalue weighted by Crippen LogP contribution is 2.15. The Morgan fingerprint density at radius 3 is 2.61 bits per heavy atom. The van der Waals surface area contributed by atoms with Crippen LogP contribution in [0.25, 0.3) is 0 Å². The minimum atomic E-state index is -1.11. The predicted octanol–water partition coefficient (Wildman–Crippen LogP) is 2.45. The van der Waals surface area contributed by atoms with Crippen molar-refractivity contribution in [2.75, 3.05) is 5.32 Å². The Morgan fingerprint density at radius 1 is 1.13 bits per heavy atom. The molecular weight excluding hydrogens is 306 g/mol. The van der Waals surface area contributed by atoms with Gasteiger partial charge in [-0.25, -0.2) is 8.78 Å². The Morgan fingerprint density at radius 2 is 1.91 bits per heavy atom. The molecule has 7 heteroatoms. The van der Waals surface area contributed by atoms with Gasteiger partial charge in [-0.15, -0.1) is 0 Å². The first-order chi connectivity index (χ1) is 11.0. The van der Waals surface area contributed by atoms with Gasteiger partial charge in [-0.3, -0.25) is 14.6 Å². The van der Waals surface area contributed by atoms with E-state index in [0.29, 0.717) is 11.3 Å². The van der Waals surface area contributed by atoms with Crippen LogP contribution < -0.4 is 5.32 Å². The van der Waals surface area contributed by atoms with Gasteiger partial charge in [-0.05, 0) is 24.3 Å². The minimum Gasteiger partial charge on any atom is -0.392 e. The van der Waals surface area contributed by atoms with Gasteiger partial charge >= 0.3 is 0 Å². The molecule has 0 unspecified atom stereocenters. The highest BCUT2D eigenvalue weighted by Gasteiger charge is 2.13. The van der Waals surface area contributed by atoms with Crippen molar-refractivity contribution in [2.24, 2.45) is 0 Å². The van der Waals surface area contributed by atoms with E-state index in [9.17, 15) is 18.4 Å². The zero-order chi connectivity index (χ0) is 16.8. The Balaban J connectivity index is 1.93. The molecule has 5 nitrogen and oxygen atoms in total. The van der Waals surface area contributed by atoms with E-state index in [0.717, 1.165) is 12.1 Å². The monoisotopic (exact) mass is 320 g/mol. The summed E-state index contributed by atoms with van der Waals surface area (Å²) in [6.07, 6.45) is 2.59. The number of Topliss-reactive ketones (excluding diaryl/α,β-unsaturated/α-hetero) is 1. The molecule has 0 radical (unpaired) electrons. The number of hydrogen-bond acceptors (Lipinski definition) is 4. The number of aromatic nitrogens is 1. The zero-order valence-electron chi connectivity index (χ0n) is 12.1. The number of anilines is 1. The molecule has 120 valence electrons. The van der Waals surface area contributed by atoms with Gasteiger partial charge in [0.05, 0.1) is 18.5 Å². The van der Waals surface area contributed by atoms with Crippen molar-refractivity contribution in [3.63, 3.8) is 0 Å². The van der Waals surface area contributed by atoms with Crippen molar-refractivity contribution in [3.8, 4) is 0 Å². The molecule has 0 aliphatic rings. The van der Waals surface area contributed by atoms with Crippen molar-refractivity contribution in [1.82, 2.24) is 4.98 Å². The van der Waals surface area contributed by atoms with Gasteiger partial charge in [-0.2, -0.15) is 0 Å². The fraction of sp³-hybridized carbons (Fsp3) is 0.188. The number of halogens is 2. The summed E-state index contributed by atoms with van der Waals surface area (Å²) in [5.74, 6) is -3.05. The van der Waals surface area contributed by atoms with Crippen LogP contribution in [-0.2, 0) is 11.4 Å². The number of ketones is 1. The summed E-state index contributed by atoms with van der Waals surface area (Å²) >= 11 is 0. The zero-order valence-corrected chi connectivity index (χ0v) is 12.1. The van der Waals surface area contributed by atoms with Crippen LogP contribution in [0.4, 0.5) is 14.5 Å². The Labute approximate surface area is 131 Å². The maximum Gasteiger partial charge on any atom is 0.224 e. The molecule has 23 heavy (non-hydrogen) atoms. The van der Waals surface area contributed by atoms with Gasteiger partial charge in [0.1, 0.15) is 0 Å². The number of nitrogens with one attached hydrogen (secondary N) is 1. The van der Waals surface area contributed by atoms with Crippen molar-refractivity contribution >= 4 is 17.4 Å². The molecule has 1 aromatic carbocycles. The number of carbonyl (C=O) groups is 2. The molecule has 2 rings (SSSR count). The smallest absolute Gasteiger partial charge is 0.224 e. The third-order valence-electron chi connectivity index (χ3n) is 3.18. The molecule has 1 amide bonds. The first kappa shape index (κ1) is 16.7. The first-order valence-corrected chi connectivity index (χ1v) is 6.83. The Hall–Kier alpha value is -2.67. The molecule has 0 aliphatic heterocycles. The van der Waals surface area contributed by atoms with E-state index in [1.54, 1.807) is 6.07 Å². The number of nitrogens with zero attached hydrogens (tertiary/aromatic N) is 1. The summed E-state index contributed by atoms with van der Waals surface area (Å²) in [7, 11) is 0. The third kappa shape index (κ3) is 4.40. The summed E-state index contributed by atoms with van der Waals surface area (Å²) in [6, 6.07) is 4.40. The van der Waals surface area contributed by atoms with Gasteiger partial charge in [0.2, 0.25) is 5.91 Å². The fourth-order valence-electron chi connectivity index (χ4n) is 1.93. The highest BCUT2D eigenvalue weighted by atomic mass is 19.2. The van der Waals surface area contributed by atoms with Gasteiger partial charge in [0.15, 0.2) is 17.4 Å². The van der Waals surface area contributed by atoms with E-state index in [1.807, 2.05) is 0 Å². The van der Waals surface area contributed by atoms with E-state index in [2.05, 4.69) is 10.3 Å². The largest absolute Gasteiger partial charge is 0.392 e. The molecule has 2 aromatic rings. The number of amides is 1. The minimum absolute atomic E-state index is 0.00845. The molecule has 1 heterocycles. The van der Waals surface area contributed by atoms with Crippen LogP contribution in [0, 0.1) is 11.6 Å². The van der Waals surface area contributed by atoms with Crippen molar-refractivity contribution < 1.29 is 23.5 Å². The average molecular weight is 320 g/mol. The van der Waals surface area contributed by atoms with Crippen molar-refractivity contribution in [3.05, 3.63) is 59.4 Å². The quantitative estimate of drug-likeness (QED) is 0.801. The van der Waals surface area contributed by atoms with Crippen LogP contribution in [0.15, 0.2) is 36.7 Å². The summed E-state index contributed by atoms with van der Waals surface area (Å²) in [5.41, 5.74) is 0.870.